The maximum atomic E-state index is 12.0. The first-order chi connectivity index (χ1) is 9.56. The predicted octanol–water partition coefficient (Wildman–Crippen LogP) is 4.98. The number of rotatable bonds is 4. The number of aryl methyl sites for hydroxylation is 2. The van der Waals surface area contributed by atoms with E-state index >= 15 is 0 Å². The van der Waals surface area contributed by atoms with Crippen molar-refractivity contribution >= 4 is 39.1 Å². The first-order valence-electron chi connectivity index (χ1n) is 6.35. The second kappa shape index (κ2) is 6.91. The van der Waals surface area contributed by atoms with Gasteiger partial charge in [-0.2, -0.15) is 0 Å². The number of carbonyl (C=O) groups excluding carboxylic acids is 1. The maximum Gasteiger partial charge on any atom is 0.224 e. The molecule has 0 bridgehead atoms. The van der Waals surface area contributed by atoms with Gasteiger partial charge in [0.25, 0.3) is 0 Å². The van der Waals surface area contributed by atoms with E-state index in [-0.39, 0.29) is 5.91 Å². The minimum absolute atomic E-state index is 0.0190. The molecule has 2 aromatic rings. The van der Waals surface area contributed by atoms with Crippen molar-refractivity contribution in [3.63, 3.8) is 0 Å². The number of nitrogens with one attached hydrogen (secondary N) is 1. The largest absolute Gasteiger partial charge is 0.325 e. The fourth-order valence-corrected chi connectivity index (χ4v) is 2.48. The Kier molecular flexibility index (Phi) is 5.21. The van der Waals surface area contributed by atoms with Crippen LogP contribution in [0.1, 0.15) is 17.5 Å². The lowest BCUT2D eigenvalue weighted by molar-refractivity contribution is -0.116. The molecular weight excluding hydrogens is 338 g/mol. The zero-order chi connectivity index (χ0) is 14.5. The highest BCUT2D eigenvalue weighted by molar-refractivity contribution is 9.10. The number of halogens is 2. The lowest BCUT2D eigenvalue weighted by Crippen LogP contribution is -2.12. The second-order valence-corrected chi connectivity index (χ2v) is 5.84. The third kappa shape index (κ3) is 4.09. The molecule has 0 spiro atoms. The summed E-state index contributed by atoms with van der Waals surface area (Å²) < 4.78 is 0.713. The Bertz CT molecular complexity index is 628. The summed E-state index contributed by atoms with van der Waals surface area (Å²) in [7, 11) is 0. The van der Waals surface area contributed by atoms with Crippen molar-refractivity contribution < 1.29 is 4.79 Å². The molecule has 0 aliphatic rings. The van der Waals surface area contributed by atoms with E-state index in [9.17, 15) is 4.79 Å². The van der Waals surface area contributed by atoms with E-state index < -0.39 is 0 Å². The minimum atomic E-state index is -0.0190. The van der Waals surface area contributed by atoms with Crippen LogP contribution in [-0.4, -0.2) is 5.91 Å². The van der Waals surface area contributed by atoms with Gasteiger partial charge in [-0.15, -0.1) is 0 Å². The summed E-state index contributed by atoms with van der Waals surface area (Å²) >= 11 is 9.36. The molecule has 0 heterocycles. The van der Waals surface area contributed by atoms with Crippen LogP contribution in [0.2, 0.25) is 5.02 Å². The highest BCUT2D eigenvalue weighted by atomic mass is 79.9. The Balaban J connectivity index is 1.94. The molecule has 0 aliphatic carbocycles. The Morgan fingerprint density at radius 1 is 1.25 bits per heavy atom. The monoisotopic (exact) mass is 351 g/mol. The molecule has 0 atom stereocenters. The molecule has 20 heavy (non-hydrogen) atoms. The Morgan fingerprint density at radius 2 is 2.00 bits per heavy atom. The van der Waals surface area contributed by atoms with E-state index in [4.69, 9.17) is 11.6 Å². The molecule has 2 rings (SSSR count). The van der Waals surface area contributed by atoms with Crippen LogP contribution in [0.15, 0.2) is 46.9 Å². The molecule has 0 saturated carbocycles. The molecule has 4 heteroatoms. The first-order valence-corrected chi connectivity index (χ1v) is 7.53. The first kappa shape index (κ1) is 15.1. The summed E-state index contributed by atoms with van der Waals surface area (Å²) in [4.78, 5) is 12.0. The standard InChI is InChI=1S/C16H15BrClNO/c1-11-4-2-5-12(10-11)8-9-15(20)19-14-7-3-6-13(18)16(14)17/h2-7,10H,8-9H2,1H3,(H,19,20). The van der Waals surface area contributed by atoms with Gasteiger partial charge in [0.2, 0.25) is 5.91 Å². The number of hydrogen-bond donors (Lipinski definition) is 1. The van der Waals surface area contributed by atoms with E-state index in [2.05, 4.69) is 27.3 Å². The SMILES string of the molecule is Cc1cccc(CCC(=O)Nc2cccc(Cl)c2Br)c1. The number of carbonyl (C=O) groups is 1. The van der Waals surface area contributed by atoms with E-state index in [1.165, 1.54) is 11.1 Å². The van der Waals surface area contributed by atoms with Crippen LogP contribution in [0.25, 0.3) is 0 Å². The average Bonchev–Trinajstić information content (AvgIpc) is 2.42. The highest BCUT2D eigenvalue weighted by Crippen LogP contribution is 2.30. The predicted molar refractivity (Wildman–Crippen MR) is 87.3 cm³/mol. The molecule has 0 radical (unpaired) electrons. The Labute approximate surface area is 132 Å². The molecule has 0 aliphatic heterocycles. The van der Waals surface area contributed by atoms with Gasteiger partial charge in [0.1, 0.15) is 0 Å². The smallest absolute Gasteiger partial charge is 0.224 e. The van der Waals surface area contributed by atoms with Crippen molar-refractivity contribution in [3.8, 4) is 0 Å². The molecule has 0 fully saturated rings. The van der Waals surface area contributed by atoms with Gasteiger partial charge < -0.3 is 5.32 Å². The fraction of sp³-hybridized carbons (Fsp3) is 0.188. The molecule has 1 amide bonds. The lowest BCUT2D eigenvalue weighted by atomic mass is 10.1. The number of hydrogen-bond acceptors (Lipinski definition) is 1. The van der Waals surface area contributed by atoms with Gasteiger partial charge in [0.15, 0.2) is 0 Å². The van der Waals surface area contributed by atoms with Gasteiger partial charge in [-0.05, 0) is 47.0 Å². The fourth-order valence-electron chi connectivity index (χ4n) is 1.94. The van der Waals surface area contributed by atoms with E-state index in [1.54, 1.807) is 6.07 Å². The van der Waals surface area contributed by atoms with Crippen LogP contribution in [0.4, 0.5) is 5.69 Å². The van der Waals surface area contributed by atoms with E-state index in [1.807, 2.05) is 37.3 Å². The van der Waals surface area contributed by atoms with Crippen LogP contribution < -0.4 is 5.32 Å². The third-order valence-corrected chi connectivity index (χ3v) is 4.35. The van der Waals surface area contributed by atoms with Gasteiger partial charge in [-0.25, -0.2) is 0 Å². The van der Waals surface area contributed by atoms with Gasteiger partial charge in [-0.3, -0.25) is 4.79 Å². The number of benzene rings is 2. The van der Waals surface area contributed by atoms with E-state index in [0.29, 0.717) is 21.6 Å². The Morgan fingerprint density at radius 3 is 2.75 bits per heavy atom. The molecular formula is C16H15BrClNO. The van der Waals surface area contributed by atoms with Crippen molar-refractivity contribution in [3.05, 3.63) is 63.1 Å². The zero-order valence-corrected chi connectivity index (χ0v) is 13.5. The van der Waals surface area contributed by atoms with Gasteiger partial charge in [-0.1, -0.05) is 47.5 Å². The molecule has 1 N–H and O–H groups in total. The lowest BCUT2D eigenvalue weighted by Gasteiger charge is -2.08. The van der Waals surface area contributed by atoms with Crippen molar-refractivity contribution in [1.82, 2.24) is 0 Å². The van der Waals surface area contributed by atoms with Crippen molar-refractivity contribution in [1.29, 1.82) is 0 Å². The topological polar surface area (TPSA) is 29.1 Å². The summed E-state index contributed by atoms with van der Waals surface area (Å²) in [5.74, 6) is -0.0190. The van der Waals surface area contributed by atoms with Crippen molar-refractivity contribution in [2.75, 3.05) is 5.32 Å². The van der Waals surface area contributed by atoms with Crippen LogP contribution >= 0.6 is 27.5 Å². The van der Waals surface area contributed by atoms with Crippen molar-refractivity contribution in [2.24, 2.45) is 0 Å². The van der Waals surface area contributed by atoms with E-state index in [0.717, 1.165) is 6.42 Å². The van der Waals surface area contributed by atoms with Crippen molar-refractivity contribution in [2.45, 2.75) is 19.8 Å². The summed E-state index contributed by atoms with van der Waals surface area (Å²) in [5, 5.41) is 3.45. The summed E-state index contributed by atoms with van der Waals surface area (Å²) in [6, 6.07) is 13.6. The molecule has 0 unspecified atom stereocenters. The molecule has 104 valence electrons. The molecule has 0 saturated heterocycles. The number of anilines is 1. The molecule has 2 aromatic carbocycles. The summed E-state index contributed by atoms with van der Waals surface area (Å²) in [6.07, 6.45) is 1.17. The minimum Gasteiger partial charge on any atom is -0.325 e. The van der Waals surface area contributed by atoms with Crippen LogP contribution in [0.3, 0.4) is 0 Å². The zero-order valence-electron chi connectivity index (χ0n) is 11.1. The van der Waals surface area contributed by atoms with Gasteiger partial charge >= 0.3 is 0 Å². The average molecular weight is 353 g/mol. The third-order valence-electron chi connectivity index (χ3n) is 2.95. The van der Waals surface area contributed by atoms with Gasteiger partial charge in [0.05, 0.1) is 15.2 Å². The number of amides is 1. The maximum absolute atomic E-state index is 12.0. The van der Waals surface area contributed by atoms with Crippen LogP contribution in [0, 0.1) is 6.92 Å². The van der Waals surface area contributed by atoms with Gasteiger partial charge in [0, 0.05) is 6.42 Å². The summed E-state index contributed by atoms with van der Waals surface area (Å²) in [6.45, 7) is 2.05. The quantitative estimate of drug-likeness (QED) is 0.826. The molecule has 2 nitrogen and oxygen atoms in total. The molecule has 0 aromatic heterocycles. The second-order valence-electron chi connectivity index (χ2n) is 4.64. The normalized spacial score (nSPS) is 10.3. The Hall–Kier alpha value is -1.32. The van der Waals surface area contributed by atoms with Crippen LogP contribution in [-0.2, 0) is 11.2 Å². The summed E-state index contributed by atoms with van der Waals surface area (Å²) in [5.41, 5.74) is 3.08. The highest BCUT2D eigenvalue weighted by Gasteiger charge is 2.08. The van der Waals surface area contributed by atoms with Crippen LogP contribution in [0.5, 0.6) is 0 Å².